The molecule has 0 spiro atoms. The van der Waals surface area contributed by atoms with Crippen LogP contribution < -0.4 is 5.32 Å². The lowest BCUT2D eigenvalue weighted by Crippen LogP contribution is -2.33. The molecular formula is C18H19N. The van der Waals surface area contributed by atoms with Crippen molar-refractivity contribution in [3.63, 3.8) is 0 Å². The van der Waals surface area contributed by atoms with Gasteiger partial charge in [0.1, 0.15) is 0 Å². The molecule has 96 valence electrons. The lowest BCUT2D eigenvalue weighted by molar-refractivity contribution is 0.529. The summed E-state index contributed by atoms with van der Waals surface area (Å²) in [6.07, 6.45) is 5.34. The fraction of sp³-hybridized carbons (Fsp3) is 0.222. The largest absolute Gasteiger partial charge is 0.303 e. The average molecular weight is 249 g/mol. The third kappa shape index (κ3) is 3.47. The van der Waals surface area contributed by atoms with Crippen LogP contribution in [0.5, 0.6) is 0 Å². The van der Waals surface area contributed by atoms with Crippen LogP contribution in [0.1, 0.15) is 24.0 Å². The average Bonchev–Trinajstić information content (AvgIpc) is 2.47. The summed E-state index contributed by atoms with van der Waals surface area (Å²) in [5.41, 5.74) is 2.62. The molecule has 0 aliphatic heterocycles. The molecule has 0 saturated heterocycles. The van der Waals surface area contributed by atoms with Crippen molar-refractivity contribution in [1.29, 1.82) is 0 Å². The fourth-order valence-corrected chi connectivity index (χ4v) is 2.43. The van der Waals surface area contributed by atoms with E-state index in [1.807, 2.05) is 12.1 Å². The molecule has 0 aromatic heterocycles. The van der Waals surface area contributed by atoms with E-state index in [9.17, 15) is 0 Å². The summed E-state index contributed by atoms with van der Waals surface area (Å²) in [5, 5.41) is 3.39. The first-order valence-corrected chi connectivity index (χ1v) is 6.59. The molecule has 0 aliphatic carbocycles. The second-order valence-corrected chi connectivity index (χ2v) is 4.67. The van der Waals surface area contributed by atoms with Crippen molar-refractivity contribution in [3.8, 4) is 12.3 Å². The molecule has 0 amide bonds. The zero-order valence-electron chi connectivity index (χ0n) is 11.2. The molecule has 2 aromatic rings. The highest BCUT2D eigenvalue weighted by molar-refractivity contribution is 5.34. The van der Waals surface area contributed by atoms with Gasteiger partial charge in [0.2, 0.25) is 0 Å². The Morgan fingerprint density at radius 3 is 1.84 bits per heavy atom. The minimum atomic E-state index is 0.292. The van der Waals surface area contributed by atoms with E-state index in [4.69, 9.17) is 6.42 Å². The molecule has 0 saturated carbocycles. The lowest BCUT2D eigenvalue weighted by Gasteiger charge is -2.25. The van der Waals surface area contributed by atoms with Gasteiger partial charge in [0, 0.05) is 12.0 Å². The number of rotatable bonds is 5. The fourth-order valence-electron chi connectivity index (χ4n) is 2.43. The Labute approximate surface area is 115 Å². The van der Waals surface area contributed by atoms with Crippen LogP contribution in [0, 0.1) is 12.3 Å². The highest BCUT2D eigenvalue weighted by Gasteiger charge is 2.20. The Morgan fingerprint density at radius 1 is 0.947 bits per heavy atom. The molecule has 2 aromatic carbocycles. The number of hydrogen-bond acceptors (Lipinski definition) is 1. The van der Waals surface area contributed by atoms with Crippen LogP contribution in [0.4, 0.5) is 0 Å². The van der Waals surface area contributed by atoms with Crippen LogP contribution in [0.3, 0.4) is 0 Å². The minimum absolute atomic E-state index is 0.292. The van der Waals surface area contributed by atoms with Gasteiger partial charge in [-0.2, -0.15) is 0 Å². The van der Waals surface area contributed by atoms with E-state index in [2.05, 4.69) is 66.7 Å². The van der Waals surface area contributed by atoms with E-state index in [-0.39, 0.29) is 0 Å². The Hall–Kier alpha value is -2.04. The van der Waals surface area contributed by atoms with E-state index in [0.717, 1.165) is 0 Å². The Bertz CT molecular complexity index is 485. The predicted molar refractivity (Wildman–Crippen MR) is 81.0 cm³/mol. The molecule has 1 unspecified atom stereocenters. The summed E-state index contributed by atoms with van der Waals surface area (Å²) in [6.45, 7) is 2.78. The summed E-state index contributed by atoms with van der Waals surface area (Å²) < 4.78 is 0. The summed E-state index contributed by atoms with van der Waals surface area (Å²) in [4.78, 5) is 0. The zero-order valence-corrected chi connectivity index (χ0v) is 11.2. The van der Waals surface area contributed by atoms with Crippen LogP contribution >= 0.6 is 0 Å². The summed E-state index contributed by atoms with van der Waals surface area (Å²) in [7, 11) is 0. The SMILES string of the molecule is C#CCNC(C)C(c1ccccc1)c1ccccc1. The molecule has 2 rings (SSSR count). The van der Waals surface area contributed by atoms with E-state index >= 15 is 0 Å². The molecule has 0 bridgehead atoms. The maximum absolute atomic E-state index is 5.34. The molecule has 1 atom stereocenters. The van der Waals surface area contributed by atoms with Gasteiger partial charge >= 0.3 is 0 Å². The topological polar surface area (TPSA) is 12.0 Å². The molecule has 0 heterocycles. The quantitative estimate of drug-likeness (QED) is 0.801. The van der Waals surface area contributed by atoms with Crippen molar-refractivity contribution in [3.05, 3.63) is 71.8 Å². The van der Waals surface area contributed by atoms with Crippen molar-refractivity contribution in [2.45, 2.75) is 18.9 Å². The predicted octanol–water partition coefficient (Wildman–Crippen LogP) is 3.43. The highest BCUT2D eigenvalue weighted by Crippen LogP contribution is 2.27. The number of nitrogens with one attached hydrogen (secondary N) is 1. The van der Waals surface area contributed by atoms with E-state index < -0.39 is 0 Å². The first-order valence-electron chi connectivity index (χ1n) is 6.59. The molecule has 0 fully saturated rings. The van der Waals surface area contributed by atoms with Crippen molar-refractivity contribution in [2.24, 2.45) is 0 Å². The molecule has 0 aliphatic rings. The Morgan fingerprint density at radius 2 is 1.42 bits per heavy atom. The zero-order chi connectivity index (χ0) is 13.5. The van der Waals surface area contributed by atoms with Gasteiger partial charge in [-0.05, 0) is 18.1 Å². The van der Waals surface area contributed by atoms with Crippen molar-refractivity contribution < 1.29 is 0 Å². The third-order valence-corrected chi connectivity index (χ3v) is 3.34. The van der Waals surface area contributed by atoms with E-state index in [1.165, 1.54) is 11.1 Å². The van der Waals surface area contributed by atoms with Crippen molar-refractivity contribution in [2.75, 3.05) is 6.54 Å². The normalized spacial score (nSPS) is 12.1. The second-order valence-electron chi connectivity index (χ2n) is 4.67. The monoisotopic (exact) mass is 249 g/mol. The highest BCUT2D eigenvalue weighted by atomic mass is 14.9. The number of hydrogen-bond donors (Lipinski definition) is 1. The molecular weight excluding hydrogens is 230 g/mol. The van der Waals surface area contributed by atoms with Gasteiger partial charge in [-0.3, -0.25) is 0 Å². The first-order chi connectivity index (χ1) is 9.33. The number of benzene rings is 2. The minimum Gasteiger partial charge on any atom is -0.303 e. The molecule has 0 radical (unpaired) electrons. The van der Waals surface area contributed by atoms with Crippen LogP contribution in [0.25, 0.3) is 0 Å². The van der Waals surface area contributed by atoms with Gasteiger partial charge in [0.05, 0.1) is 6.54 Å². The van der Waals surface area contributed by atoms with Crippen molar-refractivity contribution in [1.82, 2.24) is 5.32 Å². The molecule has 1 heteroatoms. The Balaban J connectivity index is 2.32. The first kappa shape index (κ1) is 13.4. The summed E-state index contributed by atoms with van der Waals surface area (Å²) in [6, 6.07) is 21.4. The van der Waals surface area contributed by atoms with Gasteiger partial charge in [-0.25, -0.2) is 0 Å². The maximum atomic E-state index is 5.34. The smallest absolute Gasteiger partial charge is 0.0576 e. The van der Waals surface area contributed by atoms with Crippen molar-refractivity contribution >= 4 is 0 Å². The maximum Gasteiger partial charge on any atom is 0.0576 e. The van der Waals surface area contributed by atoms with Crippen LogP contribution in [0.2, 0.25) is 0 Å². The summed E-state index contributed by atoms with van der Waals surface area (Å²) >= 11 is 0. The molecule has 1 N–H and O–H groups in total. The third-order valence-electron chi connectivity index (χ3n) is 3.34. The second kappa shape index (κ2) is 6.78. The van der Waals surface area contributed by atoms with Crippen LogP contribution in [0.15, 0.2) is 60.7 Å². The van der Waals surface area contributed by atoms with Crippen LogP contribution in [-0.2, 0) is 0 Å². The van der Waals surface area contributed by atoms with Gasteiger partial charge in [0.25, 0.3) is 0 Å². The molecule has 19 heavy (non-hydrogen) atoms. The van der Waals surface area contributed by atoms with E-state index in [0.29, 0.717) is 18.5 Å². The standard InChI is InChI=1S/C18H19N/c1-3-14-19-15(2)18(16-10-6-4-7-11-16)17-12-8-5-9-13-17/h1,4-13,15,18-19H,14H2,2H3. The van der Waals surface area contributed by atoms with Gasteiger partial charge in [-0.15, -0.1) is 6.42 Å². The van der Waals surface area contributed by atoms with Gasteiger partial charge < -0.3 is 5.32 Å². The Kier molecular flexibility index (Phi) is 4.78. The molecule has 1 nitrogen and oxygen atoms in total. The van der Waals surface area contributed by atoms with Gasteiger partial charge in [-0.1, -0.05) is 66.6 Å². The van der Waals surface area contributed by atoms with E-state index in [1.54, 1.807) is 0 Å². The van der Waals surface area contributed by atoms with Gasteiger partial charge in [0.15, 0.2) is 0 Å². The van der Waals surface area contributed by atoms with Crippen LogP contribution in [-0.4, -0.2) is 12.6 Å². The number of terminal acetylenes is 1. The lowest BCUT2D eigenvalue weighted by atomic mass is 9.86. The summed E-state index contributed by atoms with van der Waals surface area (Å²) in [5.74, 6) is 2.96.